The maximum atomic E-state index is 11.9. The molecule has 18 heavy (non-hydrogen) atoms. The molecule has 0 aliphatic rings. The molecule has 0 spiro atoms. The van der Waals surface area contributed by atoms with Gasteiger partial charge in [0.2, 0.25) is 0 Å². The molecule has 0 saturated carbocycles. The molecule has 0 atom stereocenters. The number of hydrogen-bond acceptors (Lipinski definition) is 7. The summed E-state index contributed by atoms with van der Waals surface area (Å²) in [5.74, 6) is 0.419. The lowest BCUT2D eigenvalue weighted by Crippen LogP contribution is -2.06. The molecule has 102 valence electrons. The van der Waals surface area contributed by atoms with Crippen LogP contribution in [0, 0.1) is 0 Å². The van der Waals surface area contributed by atoms with Gasteiger partial charge in [0.1, 0.15) is 17.7 Å². The number of ether oxygens (including phenoxy) is 2. The summed E-state index contributed by atoms with van der Waals surface area (Å²) >= 11 is 0. The zero-order chi connectivity index (χ0) is 13.6. The van der Waals surface area contributed by atoms with Crippen LogP contribution in [-0.2, 0) is 24.5 Å². The fourth-order valence-electron chi connectivity index (χ4n) is 1.19. The van der Waals surface area contributed by atoms with Gasteiger partial charge in [0, 0.05) is 27.4 Å². The van der Waals surface area contributed by atoms with Gasteiger partial charge in [-0.2, -0.15) is 0 Å². The topological polar surface area (TPSA) is 84.2 Å². The van der Waals surface area contributed by atoms with E-state index in [4.69, 9.17) is 22.9 Å². The molecule has 0 fully saturated rings. The van der Waals surface area contributed by atoms with Gasteiger partial charge in [0.15, 0.2) is 6.79 Å². The van der Waals surface area contributed by atoms with E-state index in [0.29, 0.717) is 0 Å². The first kappa shape index (κ1) is 14.9. The summed E-state index contributed by atoms with van der Waals surface area (Å²) < 4.78 is 36.1. The molecular formula is C10H15O7P. The van der Waals surface area contributed by atoms with E-state index in [0.717, 1.165) is 6.07 Å². The van der Waals surface area contributed by atoms with Gasteiger partial charge in [-0.15, -0.1) is 0 Å². The molecule has 0 aliphatic heterocycles. The Hall–Kier alpha value is -1.14. The summed E-state index contributed by atoms with van der Waals surface area (Å²) in [7, 11) is 0.682. The SMILES string of the molecule is COCOc1cc(CP(=O)(OC)OC)oc(=O)c1. The van der Waals surface area contributed by atoms with E-state index >= 15 is 0 Å². The predicted octanol–water partition coefficient (Wildman–Crippen LogP) is 1.61. The van der Waals surface area contributed by atoms with Crippen LogP contribution in [-0.4, -0.2) is 28.1 Å². The molecule has 0 radical (unpaired) electrons. The maximum Gasteiger partial charge on any atom is 0.339 e. The molecule has 0 amide bonds. The Kier molecular flexibility index (Phi) is 5.55. The van der Waals surface area contributed by atoms with Crippen molar-refractivity contribution in [3.8, 4) is 5.75 Å². The Morgan fingerprint density at radius 3 is 2.44 bits per heavy atom. The van der Waals surface area contributed by atoms with Crippen molar-refractivity contribution in [2.75, 3.05) is 28.1 Å². The second-order valence-electron chi connectivity index (χ2n) is 3.26. The summed E-state index contributed by atoms with van der Waals surface area (Å²) in [5, 5.41) is 0. The first-order chi connectivity index (χ1) is 8.53. The highest BCUT2D eigenvalue weighted by molar-refractivity contribution is 7.52. The molecule has 1 aromatic rings. The van der Waals surface area contributed by atoms with Crippen LogP contribution in [0.25, 0.3) is 0 Å². The Balaban J connectivity index is 2.92. The van der Waals surface area contributed by atoms with Gasteiger partial charge in [0.25, 0.3) is 0 Å². The lowest BCUT2D eigenvalue weighted by atomic mass is 10.4. The van der Waals surface area contributed by atoms with Gasteiger partial charge >= 0.3 is 13.2 Å². The van der Waals surface area contributed by atoms with Crippen LogP contribution in [0.2, 0.25) is 0 Å². The van der Waals surface area contributed by atoms with E-state index < -0.39 is 13.2 Å². The van der Waals surface area contributed by atoms with Crippen molar-refractivity contribution in [2.24, 2.45) is 0 Å². The maximum absolute atomic E-state index is 11.9. The van der Waals surface area contributed by atoms with Gasteiger partial charge < -0.3 is 22.9 Å². The van der Waals surface area contributed by atoms with Gasteiger partial charge in [-0.25, -0.2) is 4.79 Å². The van der Waals surface area contributed by atoms with Gasteiger partial charge in [0.05, 0.1) is 6.07 Å². The van der Waals surface area contributed by atoms with Crippen LogP contribution >= 0.6 is 7.60 Å². The molecule has 1 rings (SSSR count). The lowest BCUT2D eigenvalue weighted by Gasteiger charge is -2.12. The first-order valence-electron chi connectivity index (χ1n) is 4.99. The van der Waals surface area contributed by atoms with E-state index in [2.05, 4.69) is 0 Å². The van der Waals surface area contributed by atoms with Crippen LogP contribution in [0.1, 0.15) is 5.76 Å². The summed E-state index contributed by atoms with van der Waals surface area (Å²) in [6.45, 7) is -0.00485. The molecule has 0 aromatic carbocycles. The van der Waals surface area contributed by atoms with Crippen LogP contribution in [0.5, 0.6) is 5.75 Å². The Morgan fingerprint density at radius 2 is 1.89 bits per heavy atom. The van der Waals surface area contributed by atoms with Crippen molar-refractivity contribution in [1.82, 2.24) is 0 Å². The third-order valence-electron chi connectivity index (χ3n) is 2.04. The smallest absolute Gasteiger partial charge is 0.339 e. The minimum atomic E-state index is -3.29. The molecule has 1 aromatic heterocycles. The van der Waals surface area contributed by atoms with Crippen LogP contribution in [0.15, 0.2) is 21.3 Å². The van der Waals surface area contributed by atoms with Gasteiger partial charge in [-0.1, -0.05) is 0 Å². The quantitative estimate of drug-likeness (QED) is 0.553. The minimum Gasteiger partial charge on any atom is -0.467 e. The molecule has 0 bridgehead atoms. The highest BCUT2D eigenvalue weighted by Crippen LogP contribution is 2.49. The van der Waals surface area contributed by atoms with Crippen molar-refractivity contribution in [3.05, 3.63) is 28.3 Å². The van der Waals surface area contributed by atoms with E-state index in [1.165, 1.54) is 27.4 Å². The van der Waals surface area contributed by atoms with E-state index in [1.807, 2.05) is 0 Å². The summed E-state index contributed by atoms with van der Waals surface area (Å²) in [4.78, 5) is 11.3. The van der Waals surface area contributed by atoms with E-state index in [9.17, 15) is 9.36 Å². The highest BCUT2D eigenvalue weighted by Gasteiger charge is 2.23. The van der Waals surface area contributed by atoms with Crippen LogP contribution in [0.4, 0.5) is 0 Å². The monoisotopic (exact) mass is 278 g/mol. The van der Waals surface area contributed by atoms with Crippen LogP contribution < -0.4 is 10.4 Å². The first-order valence-corrected chi connectivity index (χ1v) is 6.72. The lowest BCUT2D eigenvalue weighted by molar-refractivity contribution is 0.0505. The third kappa shape index (κ3) is 4.27. The zero-order valence-electron chi connectivity index (χ0n) is 10.4. The van der Waals surface area contributed by atoms with Gasteiger partial charge in [-0.3, -0.25) is 4.57 Å². The number of rotatable bonds is 7. The molecular weight excluding hydrogens is 263 g/mol. The van der Waals surface area contributed by atoms with Crippen molar-refractivity contribution in [1.29, 1.82) is 0 Å². The molecule has 0 unspecified atom stereocenters. The normalized spacial score (nSPS) is 11.5. The van der Waals surface area contributed by atoms with Gasteiger partial charge in [-0.05, 0) is 0 Å². The van der Waals surface area contributed by atoms with Crippen molar-refractivity contribution in [2.45, 2.75) is 6.16 Å². The minimum absolute atomic E-state index is 0.00485. The summed E-state index contributed by atoms with van der Waals surface area (Å²) in [6.07, 6.45) is -0.153. The molecule has 1 heterocycles. The predicted molar refractivity (Wildman–Crippen MR) is 62.8 cm³/mol. The summed E-state index contributed by atoms with van der Waals surface area (Å²) in [5.41, 5.74) is -0.614. The Bertz CT molecular complexity index is 473. The second-order valence-corrected chi connectivity index (χ2v) is 5.53. The zero-order valence-corrected chi connectivity index (χ0v) is 11.3. The Labute approximate surface area is 104 Å². The Morgan fingerprint density at radius 1 is 1.22 bits per heavy atom. The van der Waals surface area contributed by atoms with Crippen molar-refractivity contribution >= 4 is 7.60 Å². The third-order valence-corrected chi connectivity index (χ3v) is 3.86. The van der Waals surface area contributed by atoms with E-state index in [-0.39, 0.29) is 24.5 Å². The average molecular weight is 278 g/mol. The van der Waals surface area contributed by atoms with Crippen LogP contribution in [0.3, 0.4) is 0 Å². The largest absolute Gasteiger partial charge is 0.467 e. The van der Waals surface area contributed by atoms with E-state index in [1.54, 1.807) is 0 Å². The second kappa shape index (κ2) is 6.70. The average Bonchev–Trinajstić information content (AvgIpc) is 2.35. The molecule has 0 saturated heterocycles. The van der Waals surface area contributed by atoms with Crippen molar-refractivity contribution < 1.29 is 27.5 Å². The number of hydrogen-bond donors (Lipinski definition) is 0. The molecule has 8 heteroatoms. The fourth-order valence-corrected chi connectivity index (χ4v) is 2.13. The number of methoxy groups -OCH3 is 1. The molecule has 7 nitrogen and oxygen atoms in total. The molecule has 0 N–H and O–H groups in total. The highest BCUT2D eigenvalue weighted by atomic mass is 31.2. The summed E-state index contributed by atoms with van der Waals surface area (Å²) in [6, 6.07) is 2.60. The van der Waals surface area contributed by atoms with Crippen molar-refractivity contribution in [3.63, 3.8) is 0 Å². The molecule has 0 aliphatic carbocycles. The fraction of sp³-hybridized carbons (Fsp3) is 0.500. The standard InChI is InChI=1S/C10H15O7P/c1-13-7-16-8-4-9(17-10(11)5-8)6-18(12,14-2)15-3/h4-5H,6-7H2,1-3H3.